The summed E-state index contributed by atoms with van der Waals surface area (Å²) in [6.45, 7) is 9.73. The maximum Gasteiger partial charge on any atom is 0.220 e. The molecule has 81 heavy (non-hydrogen) atoms. The molecule has 17 rings (SSSR count). The van der Waals surface area contributed by atoms with Crippen LogP contribution >= 0.6 is 22.7 Å². The molecule has 0 amide bonds. The highest BCUT2D eigenvalue weighted by atomic mass is 32.1. The van der Waals surface area contributed by atoms with E-state index in [4.69, 9.17) is 9.26 Å². The molecular weight excluding hydrogens is 1020 g/mol. The monoisotopic (exact) mass is 1060 g/mol. The number of para-hydroxylation sites is 2. The van der Waals surface area contributed by atoms with Crippen LogP contribution in [0.2, 0.25) is 0 Å². The van der Waals surface area contributed by atoms with Crippen molar-refractivity contribution < 1.29 is 4.42 Å². The van der Waals surface area contributed by atoms with Crippen LogP contribution in [0.15, 0.2) is 247 Å². The quantitative estimate of drug-likeness (QED) is 0.156. The number of fused-ring (bicyclic) bond motifs is 18. The number of aromatic nitrogens is 2. The second kappa shape index (κ2) is 17.5. The molecule has 12 aromatic carbocycles. The summed E-state index contributed by atoms with van der Waals surface area (Å²) in [4.78, 5) is 4.74. The molecule has 0 aliphatic heterocycles. The van der Waals surface area contributed by atoms with Crippen LogP contribution in [0.1, 0.15) is 5.56 Å². The van der Waals surface area contributed by atoms with Gasteiger partial charge in [0.15, 0.2) is 5.58 Å². The molecule has 0 aliphatic carbocycles. The minimum absolute atomic E-state index is 0.368. The molecular formula is C74H40N4OS2. The van der Waals surface area contributed by atoms with Gasteiger partial charge >= 0.3 is 0 Å². The number of furan rings is 1. The average molecular weight is 1070 g/mol. The summed E-state index contributed by atoms with van der Waals surface area (Å²) in [6.07, 6.45) is 0. The second-order valence-electron chi connectivity index (χ2n) is 20.7. The van der Waals surface area contributed by atoms with E-state index >= 15 is 0 Å². The van der Waals surface area contributed by atoms with Gasteiger partial charge in [0.25, 0.3) is 0 Å². The predicted molar refractivity (Wildman–Crippen MR) is 341 cm³/mol. The first kappa shape index (κ1) is 45.5. The van der Waals surface area contributed by atoms with Gasteiger partial charge in [-0.15, -0.1) is 22.7 Å². The van der Waals surface area contributed by atoms with Gasteiger partial charge in [0.05, 0.1) is 55.0 Å². The van der Waals surface area contributed by atoms with Crippen LogP contribution in [0.3, 0.4) is 0 Å². The molecule has 0 saturated carbocycles. The van der Waals surface area contributed by atoms with Crippen LogP contribution in [0.4, 0.5) is 5.69 Å². The average Bonchev–Trinajstić information content (AvgIpc) is 4.46. The van der Waals surface area contributed by atoms with Crippen molar-refractivity contribution in [1.82, 2.24) is 9.13 Å². The smallest absolute Gasteiger partial charge is 0.220 e. The molecule has 0 N–H and O–H groups in total. The van der Waals surface area contributed by atoms with Gasteiger partial charge in [-0.2, -0.15) is 5.26 Å². The van der Waals surface area contributed by atoms with E-state index < -0.39 is 0 Å². The van der Waals surface area contributed by atoms with E-state index in [-0.39, 0.29) is 0 Å². The van der Waals surface area contributed by atoms with Crippen LogP contribution in [-0.2, 0) is 0 Å². The fraction of sp³-hybridized carbons (Fsp3) is 0. The number of nitriles is 1. The summed E-state index contributed by atoms with van der Waals surface area (Å²) in [5.41, 5.74) is 14.7. The second-order valence-corrected chi connectivity index (χ2v) is 22.8. The van der Waals surface area contributed by atoms with Crippen molar-refractivity contribution in [3.63, 3.8) is 0 Å². The number of hydrogen-bond acceptors (Lipinski definition) is 4. The molecule has 5 heterocycles. The number of nitrogens with zero attached hydrogens (tertiary/aromatic N) is 4. The number of thiophene rings is 2. The maximum absolute atomic E-state index is 12.5. The lowest BCUT2D eigenvalue weighted by molar-refractivity contribution is 0.671. The van der Waals surface area contributed by atoms with Gasteiger partial charge in [0, 0.05) is 80.0 Å². The van der Waals surface area contributed by atoms with Crippen molar-refractivity contribution in [1.29, 1.82) is 5.26 Å². The van der Waals surface area contributed by atoms with Crippen LogP contribution in [0.5, 0.6) is 0 Å². The first-order valence-corrected chi connectivity index (χ1v) is 28.6. The summed E-state index contributed by atoms with van der Waals surface area (Å²) >= 11 is 3.56. The molecule has 0 unspecified atom stereocenters. The fourth-order valence-electron chi connectivity index (χ4n) is 13.3. The molecule has 374 valence electrons. The van der Waals surface area contributed by atoms with Crippen LogP contribution in [0.25, 0.3) is 167 Å². The zero-order chi connectivity index (χ0) is 53.4. The topological polar surface area (TPSA) is 51.1 Å². The summed E-state index contributed by atoms with van der Waals surface area (Å²) in [6, 6.07) is 88.5. The van der Waals surface area contributed by atoms with E-state index in [2.05, 4.69) is 209 Å². The Labute approximate surface area is 471 Å². The number of hydrogen-bond donors (Lipinski definition) is 0. The first-order chi connectivity index (χ1) is 40.2. The fourth-order valence-corrected chi connectivity index (χ4v) is 15.7. The van der Waals surface area contributed by atoms with Gasteiger partial charge < -0.3 is 13.6 Å². The minimum Gasteiger partial charge on any atom is -0.454 e. The summed E-state index contributed by atoms with van der Waals surface area (Å²) in [5, 5.41) is 23.3. The number of benzene rings is 12. The largest absolute Gasteiger partial charge is 0.454 e. The van der Waals surface area contributed by atoms with Gasteiger partial charge in [0.2, 0.25) is 5.69 Å². The predicted octanol–water partition coefficient (Wildman–Crippen LogP) is 21.6. The zero-order valence-electron chi connectivity index (χ0n) is 43.1. The van der Waals surface area contributed by atoms with Crippen molar-refractivity contribution in [3.8, 4) is 62.0 Å². The minimum atomic E-state index is 0.368. The lowest BCUT2D eigenvalue weighted by Crippen LogP contribution is -2.09. The van der Waals surface area contributed by atoms with E-state index in [1.54, 1.807) is 22.7 Å². The molecule has 7 heteroatoms. The molecule has 17 aromatic rings. The molecule has 0 radical (unpaired) electrons. The van der Waals surface area contributed by atoms with Gasteiger partial charge in [-0.25, -0.2) is 4.85 Å². The normalized spacial score (nSPS) is 11.9. The Hall–Kier alpha value is -10.5. The lowest BCUT2D eigenvalue weighted by atomic mass is 9.88. The zero-order valence-corrected chi connectivity index (χ0v) is 44.7. The van der Waals surface area contributed by atoms with Gasteiger partial charge in [0.1, 0.15) is 11.7 Å². The Bertz CT molecular complexity index is 5480. The van der Waals surface area contributed by atoms with Crippen LogP contribution in [-0.4, -0.2) is 9.13 Å². The SMILES string of the molecule is [C-]#[N+]c1c(-c2ccccc2)c(C#N)c(-n2c3c(-c4ccccc4-c4ccccc4)cccc3c3ccc4c5ccccc5sc4c32)c(-c2ccccc2)c1-n1c2c(ccc3c4ccccc4oc32)c2ccc3c4ccccc4sc3c21. The van der Waals surface area contributed by atoms with Gasteiger partial charge in [-0.1, -0.05) is 218 Å². The Kier molecular flexibility index (Phi) is 9.82. The lowest BCUT2D eigenvalue weighted by Gasteiger charge is -2.26. The Morgan fingerprint density at radius 3 is 1.44 bits per heavy atom. The molecule has 0 saturated heterocycles. The van der Waals surface area contributed by atoms with E-state index in [1.807, 2.05) is 48.5 Å². The van der Waals surface area contributed by atoms with E-state index in [0.29, 0.717) is 28.2 Å². The van der Waals surface area contributed by atoms with Gasteiger partial charge in [-0.05, 0) is 52.1 Å². The van der Waals surface area contributed by atoms with E-state index in [9.17, 15) is 11.8 Å². The van der Waals surface area contributed by atoms with Crippen molar-refractivity contribution in [2.75, 3.05) is 0 Å². The highest BCUT2D eigenvalue weighted by Gasteiger charge is 2.34. The van der Waals surface area contributed by atoms with Crippen molar-refractivity contribution in [3.05, 3.63) is 260 Å². The standard InChI is InChI=1S/C74H40N4OS2/c1-76-65-63(44-22-7-3-8-23-44)59(42-75)67(77-66-51(47-27-12-11-26-46(47)43-20-5-2-6-21-43)31-19-32-52(66)54-37-40-57-49-29-14-17-34-61(49)80-73(57)69(54)77)64(45-24-9-4-10-25-45)71(65)78-68-53(36-39-56-48-28-13-16-33-60(48)79-72(56)68)55-38-41-58-50-30-15-18-35-62(50)81-74(58)70(55)78/h2-41H. The van der Waals surface area contributed by atoms with Crippen molar-refractivity contribution >= 4 is 134 Å². The molecule has 0 aliphatic rings. The molecule has 5 nitrogen and oxygen atoms in total. The van der Waals surface area contributed by atoms with Crippen molar-refractivity contribution in [2.45, 2.75) is 0 Å². The molecule has 0 atom stereocenters. The summed E-state index contributed by atoms with van der Waals surface area (Å²) in [7, 11) is 0. The number of rotatable bonds is 6. The third-order valence-electron chi connectivity index (χ3n) is 16.6. The molecule has 5 aromatic heterocycles. The Morgan fingerprint density at radius 2 is 0.827 bits per heavy atom. The van der Waals surface area contributed by atoms with Crippen molar-refractivity contribution in [2.24, 2.45) is 0 Å². The molecule has 0 spiro atoms. The van der Waals surface area contributed by atoms with E-state index in [0.717, 1.165) is 125 Å². The molecule has 0 fully saturated rings. The Morgan fingerprint density at radius 1 is 0.370 bits per heavy atom. The van der Waals surface area contributed by atoms with E-state index in [1.165, 1.54) is 20.2 Å². The molecule has 0 bridgehead atoms. The highest BCUT2D eigenvalue weighted by molar-refractivity contribution is 7.27. The third kappa shape index (κ3) is 6.39. The summed E-state index contributed by atoms with van der Waals surface area (Å²) in [5.74, 6) is 0. The Balaban J connectivity index is 1.18. The maximum atomic E-state index is 12.5. The third-order valence-corrected chi connectivity index (χ3v) is 19.0. The van der Waals surface area contributed by atoms with Crippen LogP contribution < -0.4 is 0 Å². The van der Waals surface area contributed by atoms with Gasteiger partial charge in [-0.3, -0.25) is 0 Å². The highest BCUT2D eigenvalue weighted by Crippen LogP contribution is 2.56. The first-order valence-electron chi connectivity index (χ1n) is 27.0. The summed E-state index contributed by atoms with van der Waals surface area (Å²) < 4.78 is 16.5. The van der Waals surface area contributed by atoms with Crippen LogP contribution in [0, 0.1) is 17.9 Å².